The number of likely N-dealkylation sites (N-methyl/N-ethyl adjacent to an activating group) is 1. The maximum absolute atomic E-state index is 13.7. The van der Waals surface area contributed by atoms with Crippen molar-refractivity contribution in [3.8, 4) is 5.75 Å². The lowest BCUT2D eigenvalue weighted by molar-refractivity contribution is 0.311. The monoisotopic (exact) mass is 453 g/mol. The van der Waals surface area contributed by atoms with Gasteiger partial charge >= 0.3 is 0 Å². The number of anilines is 1. The molecule has 3 aromatic rings. The summed E-state index contributed by atoms with van der Waals surface area (Å²) in [5, 5.41) is 2.04. The molecule has 0 unspecified atom stereocenters. The molecule has 1 saturated heterocycles. The Morgan fingerprint density at radius 2 is 1.81 bits per heavy atom. The van der Waals surface area contributed by atoms with Crippen LogP contribution >= 0.6 is 11.9 Å². The van der Waals surface area contributed by atoms with Crippen molar-refractivity contribution < 1.29 is 9.13 Å². The van der Waals surface area contributed by atoms with Gasteiger partial charge in [0.15, 0.2) is 0 Å². The summed E-state index contributed by atoms with van der Waals surface area (Å²) < 4.78 is 22.9. The Morgan fingerprint density at radius 1 is 1.03 bits per heavy atom. The predicted molar refractivity (Wildman–Crippen MR) is 133 cm³/mol. The first-order valence-electron chi connectivity index (χ1n) is 11.1. The molecular formula is C26H32FN3OS. The fourth-order valence-electron chi connectivity index (χ4n) is 4.27. The number of nitrogens with one attached hydrogen (secondary N) is 1. The first-order chi connectivity index (χ1) is 15.4. The fourth-order valence-corrected chi connectivity index (χ4v) is 5.17. The molecule has 1 aliphatic heterocycles. The molecule has 0 bridgehead atoms. The maximum Gasteiger partial charge on any atom is 0.142 e. The van der Waals surface area contributed by atoms with E-state index in [2.05, 4.69) is 59.7 Å². The Labute approximate surface area is 194 Å². The molecule has 0 amide bonds. The molecule has 4 nitrogen and oxygen atoms in total. The molecule has 0 aromatic heterocycles. The zero-order valence-corrected chi connectivity index (χ0v) is 20.1. The molecular weight excluding hydrogens is 421 g/mol. The van der Waals surface area contributed by atoms with Gasteiger partial charge in [0, 0.05) is 43.0 Å². The molecule has 0 saturated carbocycles. The molecule has 1 heterocycles. The normalized spacial score (nSPS) is 15.3. The Bertz CT molecular complexity index is 1080. The Balaban J connectivity index is 1.46. The number of nitrogens with zero attached hydrogens (tertiary/aromatic N) is 2. The Morgan fingerprint density at radius 3 is 2.56 bits per heavy atom. The highest BCUT2D eigenvalue weighted by Crippen LogP contribution is 2.34. The van der Waals surface area contributed by atoms with Crippen LogP contribution in [0.25, 0.3) is 10.8 Å². The van der Waals surface area contributed by atoms with Crippen LogP contribution in [0.1, 0.15) is 19.4 Å². The van der Waals surface area contributed by atoms with Crippen molar-refractivity contribution in [3.05, 3.63) is 66.0 Å². The lowest BCUT2D eigenvalue weighted by Crippen LogP contribution is -2.44. The van der Waals surface area contributed by atoms with Crippen LogP contribution in [0.2, 0.25) is 0 Å². The van der Waals surface area contributed by atoms with Crippen LogP contribution in [0.15, 0.2) is 59.5 Å². The smallest absolute Gasteiger partial charge is 0.142 e. The van der Waals surface area contributed by atoms with Crippen LogP contribution in [0.3, 0.4) is 0 Å². The second kappa shape index (κ2) is 9.69. The molecule has 4 rings (SSSR count). The van der Waals surface area contributed by atoms with Gasteiger partial charge in [-0.15, -0.1) is 0 Å². The lowest BCUT2D eigenvalue weighted by Gasteiger charge is -2.35. The number of hydrogen-bond acceptors (Lipinski definition) is 5. The minimum absolute atomic E-state index is 0.114. The average Bonchev–Trinajstić information content (AvgIpc) is 2.79. The van der Waals surface area contributed by atoms with Gasteiger partial charge in [0.1, 0.15) is 11.6 Å². The molecule has 0 spiro atoms. The topological polar surface area (TPSA) is 27.7 Å². The van der Waals surface area contributed by atoms with Gasteiger partial charge in [-0.05, 0) is 65.7 Å². The maximum atomic E-state index is 13.7. The molecule has 0 radical (unpaired) electrons. The third-order valence-corrected chi connectivity index (χ3v) is 7.05. The van der Waals surface area contributed by atoms with E-state index in [1.54, 1.807) is 31.2 Å². The summed E-state index contributed by atoms with van der Waals surface area (Å²) in [5.41, 5.74) is 2.26. The first-order valence-corrected chi connectivity index (χ1v) is 11.9. The first kappa shape index (κ1) is 22.9. The van der Waals surface area contributed by atoms with E-state index < -0.39 is 0 Å². The number of fused-ring (bicyclic) bond motifs is 1. The summed E-state index contributed by atoms with van der Waals surface area (Å²) in [6.07, 6.45) is 0. The van der Waals surface area contributed by atoms with Crippen molar-refractivity contribution in [2.45, 2.75) is 24.2 Å². The van der Waals surface area contributed by atoms with Crippen molar-refractivity contribution >= 4 is 28.4 Å². The van der Waals surface area contributed by atoms with Crippen molar-refractivity contribution in [1.29, 1.82) is 0 Å². The van der Waals surface area contributed by atoms with Crippen LogP contribution < -0.4 is 14.4 Å². The van der Waals surface area contributed by atoms with Crippen molar-refractivity contribution in [2.75, 3.05) is 51.8 Å². The van der Waals surface area contributed by atoms with Crippen LogP contribution in [-0.4, -0.2) is 51.8 Å². The van der Waals surface area contributed by atoms with Crippen LogP contribution in [0.4, 0.5) is 10.1 Å². The van der Waals surface area contributed by atoms with Crippen LogP contribution in [0, 0.1) is 5.82 Å². The van der Waals surface area contributed by atoms with Gasteiger partial charge in [-0.2, -0.15) is 0 Å². The summed E-state index contributed by atoms with van der Waals surface area (Å²) in [5.74, 6) is 0.721. The van der Waals surface area contributed by atoms with E-state index in [0.29, 0.717) is 0 Å². The van der Waals surface area contributed by atoms with E-state index in [1.807, 2.05) is 18.2 Å². The van der Waals surface area contributed by atoms with E-state index in [0.717, 1.165) is 59.8 Å². The lowest BCUT2D eigenvalue weighted by atomic mass is 9.82. The quantitative estimate of drug-likeness (QED) is 0.489. The molecule has 1 aliphatic rings. The molecule has 6 heteroatoms. The van der Waals surface area contributed by atoms with E-state index in [4.69, 9.17) is 4.74 Å². The standard InChI is InChI=1S/C26H32FN3OS/c1-26(2,23-7-5-6-19-16-20(27)8-10-22(19)23)18-28-32-21-9-11-25(31-4)24(17-21)30-14-12-29(3)13-15-30/h5-11,16-17,28H,12-15,18H2,1-4H3. The van der Waals surface area contributed by atoms with E-state index in [9.17, 15) is 4.39 Å². The van der Waals surface area contributed by atoms with Gasteiger partial charge in [-0.3, -0.25) is 4.72 Å². The van der Waals surface area contributed by atoms with Crippen LogP contribution in [-0.2, 0) is 5.41 Å². The summed E-state index contributed by atoms with van der Waals surface area (Å²) in [6, 6.07) is 17.5. The highest BCUT2D eigenvalue weighted by molar-refractivity contribution is 7.97. The number of piperazine rings is 1. The highest BCUT2D eigenvalue weighted by Gasteiger charge is 2.23. The molecule has 32 heavy (non-hydrogen) atoms. The van der Waals surface area contributed by atoms with Gasteiger partial charge in [0.25, 0.3) is 0 Å². The fraction of sp³-hybridized carbons (Fsp3) is 0.385. The number of hydrogen-bond donors (Lipinski definition) is 1. The largest absolute Gasteiger partial charge is 0.495 e. The predicted octanol–water partition coefficient (Wildman–Crippen LogP) is 5.31. The van der Waals surface area contributed by atoms with Crippen molar-refractivity contribution in [1.82, 2.24) is 9.62 Å². The van der Waals surface area contributed by atoms with Crippen LogP contribution in [0.5, 0.6) is 5.75 Å². The summed E-state index contributed by atoms with van der Waals surface area (Å²) in [4.78, 5) is 5.92. The minimum Gasteiger partial charge on any atom is -0.495 e. The number of methoxy groups -OCH3 is 1. The van der Waals surface area contributed by atoms with Crippen molar-refractivity contribution in [3.63, 3.8) is 0 Å². The number of ether oxygens (including phenoxy) is 1. The minimum atomic E-state index is -0.197. The molecule has 0 atom stereocenters. The van der Waals surface area contributed by atoms with Gasteiger partial charge in [-0.1, -0.05) is 38.1 Å². The SMILES string of the molecule is COc1ccc(SNCC(C)(C)c2cccc3cc(F)ccc23)cc1N1CCN(C)CC1. The van der Waals surface area contributed by atoms with Gasteiger partial charge in [-0.25, -0.2) is 4.39 Å². The van der Waals surface area contributed by atoms with Crippen molar-refractivity contribution in [2.24, 2.45) is 0 Å². The number of rotatable bonds is 7. The third kappa shape index (κ3) is 5.03. The average molecular weight is 454 g/mol. The second-order valence-electron chi connectivity index (χ2n) is 9.10. The third-order valence-electron chi connectivity index (χ3n) is 6.27. The van der Waals surface area contributed by atoms with Gasteiger partial charge in [0.05, 0.1) is 12.8 Å². The summed E-state index contributed by atoms with van der Waals surface area (Å²) >= 11 is 1.65. The molecule has 170 valence electrons. The Kier molecular flexibility index (Phi) is 6.93. The zero-order chi connectivity index (χ0) is 22.7. The molecule has 0 aliphatic carbocycles. The van der Waals surface area contributed by atoms with Gasteiger partial charge < -0.3 is 14.5 Å². The summed E-state index contributed by atoms with van der Waals surface area (Å²) in [6.45, 7) is 9.35. The van der Waals surface area contributed by atoms with E-state index in [-0.39, 0.29) is 11.2 Å². The number of halogens is 1. The zero-order valence-electron chi connectivity index (χ0n) is 19.3. The highest BCUT2D eigenvalue weighted by atomic mass is 32.2. The number of benzene rings is 3. The van der Waals surface area contributed by atoms with E-state index >= 15 is 0 Å². The molecule has 1 fully saturated rings. The molecule has 3 aromatic carbocycles. The summed E-state index contributed by atoms with van der Waals surface area (Å²) in [7, 11) is 3.90. The second-order valence-corrected chi connectivity index (χ2v) is 10.1. The van der Waals surface area contributed by atoms with E-state index in [1.165, 1.54) is 5.56 Å². The molecule has 1 N–H and O–H groups in total. The van der Waals surface area contributed by atoms with Gasteiger partial charge in [0.2, 0.25) is 0 Å². The Hall–Kier alpha value is -2.28.